The minimum absolute atomic E-state index is 0.0561. The fraction of sp³-hybridized carbons (Fsp3) is 0.118. The maximum atomic E-state index is 11.9. The maximum absolute atomic E-state index is 11.9. The minimum Gasteiger partial charge on any atom is -0.497 e. The van der Waals surface area contributed by atoms with Gasteiger partial charge in [-0.1, -0.05) is 0 Å². The average Bonchev–Trinajstić information content (AvgIpc) is 2.60. The molecule has 0 atom stereocenters. The summed E-state index contributed by atoms with van der Waals surface area (Å²) < 4.78 is 10.3. The number of carbonyl (C=O) groups is 3. The molecule has 0 aliphatic rings. The van der Waals surface area contributed by atoms with Gasteiger partial charge in [0.15, 0.2) is 6.61 Å². The van der Waals surface area contributed by atoms with Crippen molar-refractivity contribution in [1.82, 2.24) is 0 Å². The Hall–Kier alpha value is -3.55. The molecule has 0 bridgehead atoms. The molecule has 2 rings (SSSR count). The number of amides is 1. The van der Waals surface area contributed by atoms with E-state index in [0.717, 1.165) is 6.07 Å². The van der Waals surface area contributed by atoms with E-state index in [2.05, 4.69) is 5.32 Å². The highest BCUT2D eigenvalue weighted by Gasteiger charge is 2.13. The minimum atomic E-state index is -1.30. The molecule has 0 saturated carbocycles. The van der Waals surface area contributed by atoms with Crippen LogP contribution in [0.4, 0.5) is 5.69 Å². The van der Waals surface area contributed by atoms with Gasteiger partial charge >= 0.3 is 11.9 Å². The average molecular weight is 345 g/mol. The van der Waals surface area contributed by atoms with Crippen molar-refractivity contribution in [3.63, 3.8) is 0 Å². The van der Waals surface area contributed by atoms with Crippen molar-refractivity contribution in [2.24, 2.45) is 0 Å². The molecule has 0 saturated heterocycles. The zero-order valence-electron chi connectivity index (χ0n) is 13.2. The van der Waals surface area contributed by atoms with Crippen molar-refractivity contribution >= 4 is 23.5 Å². The lowest BCUT2D eigenvalue weighted by Gasteiger charge is -2.09. The van der Waals surface area contributed by atoms with Crippen molar-refractivity contribution in [2.45, 2.75) is 0 Å². The number of carboxylic acids is 2. The summed E-state index contributed by atoms with van der Waals surface area (Å²) in [6, 6.07) is 9.93. The van der Waals surface area contributed by atoms with E-state index in [0.29, 0.717) is 11.5 Å². The first-order valence-electron chi connectivity index (χ1n) is 7.07. The molecule has 8 nitrogen and oxygen atoms in total. The first-order valence-corrected chi connectivity index (χ1v) is 7.07. The number of methoxy groups -OCH3 is 1. The van der Waals surface area contributed by atoms with Gasteiger partial charge in [-0.2, -0.15) is 0 Å². The van der Waals surface area contributed by atoms with Crippen LogP contribution in [0.3, 0.4) is 0 Å². The predicted octanol–water partition coefficient (Wildman–Crippen LogP) is 2.11. The van der Waals surface area contributed by atoms with Gasteiger partial charge < -0.3 is 25.0 Å². The van der Waals surface area contributed by atoms with Crippen LogP contribution in [-0.2, 0) is 4.79 Å². The third-order valence-corrected chi connectivity index (χ3v) is 3.14. The molecule has 2 aromatic rings. The monoisotopic (exact) mass is 345 g/mol. The van der Waals surface area contributed by atoms with Crippen LogP contribution in [0.1, 0.15) is 20.7 Å². The first-order chi connectivity index (χ1) is 11.9. The second kappa shape index (κ2) is 7.82. The summed E-state index contributed by atoms with van der Waals surface area (Å²) in [7, 11) is 1.53. The molecule has 0 fully saturated rings. The van der Waals surface area contributed by atoms with Gasteiger partial charge in [0.05, 0.1) is 18.2 Å². The number of hydrogen-bond acceptors (Lipinski definition) is 5. The van der Waals surface area contributed by atoms with Crippen molar-refractivity contribution < 1.29 is 34.1 Å². The molecule has 0 radical (unpaired) electrons. The second-order valence-electron chi connectivity index (χ2n) is 4.92. The summed E-state index contributed by atoms with van der Waals surface area (Å²) >= 11 is 0. The van der Waals surface area contributed by atoms with Crippen LogP contribution >= 0.6 is 0 Å². The summed E-state index contributed by atoms with van der Waals surface area (Å²) in [5, 5.41) is 20.4. The van der Waals surface area contributed by atoms with E-state index in [1.165, 1.54) is 19.2 Å². The summed E-state index contributed by atoms with van der Waals surface area (Å²) in [6.45, 7) is -0.327. The van der Waals surface area contributed by atoms with Gasteiger partial charge in [0.25, 0.3) is 5.91 Å². The van der Waals surface area contributed by atoms with Gasteiger partial charge in [-0.25, -0.2) is 9.59 Å². The van der Waals surface area contributed by atoms with Gasteiger partial charge in [0.2, 0.25) is 0 Å². The van der Waals surface area contributed by atoms with E-state index < -0.39 is 17.8 Å². The van der Waals surface area contributed by atoms with Crippen LogP contribution in [0.5, 0.6) is 11.5 Å². The molecule has 0 unspecified atom stereocenters. The predicted molar refractivity (Wildman–Crippen MR) is 87.5 cm³/mol. The number of ether oxygens (including phenoxy) is 2. The molecule has 3 N–H and O–H groups in total. The topological polar surface area (TPSA) is 122 Å². The standard InChI is InChI=1S/C17H15NO7/c1-24-13-2-4-14(5-3-13)25-9-15(19)18-12-7-10(16(20)21)6-11(8-12)17(22)23/h2-8H,9H2,1H3,(H,18,19)(H,20,21)(H,22,23). The Bertz CT molecular complexity index is 767. The van der Waals surface area contributed by atoms with E-state index in [1.807, 2.05) is 0 Å². The van der Waals surface area contributed by atoms with Crippen LogP contribution in [0, 0.1) is 0 Å². The summed E-state index contributed by atoms with van der Waals surface area (Å²) in [6.07, 6.45) is 0. The summed E-state index contributed by atoms with van der Waals surface area (Å²) in [4.78, 5) is 34.0. The summed E-state index contributed by atoms with van der Waals surface area (Å²) in [5.74, 6) is -2.07. The molecule has 8 heteroatoms. The maximum Gasteiger partial charge on any atom is 0.335 e. The quantitative estimate of drug-likeness (QED) is 0.702. The number of anilines is 1. The third kappa shape index (κ3) is 4.96. The van der Waals surface area contributed by atoms with Crippen LogP contribution in [0.2, 0.25) is 0 Å². The van der Waals surface area contributed by atoms with Crippen molar-refractivity contribution in [1.29, 1.82) is 0 Å². The lowest BCUT2D eigenvalue weighted by Crippen LogP contribution is -2.20. The Morgan fingerprint density at radius 1 is 0.920 bits per heavy atom. The van der Waals surface area contributed by atoms with Crippen molar-refractivity contribution in [3.8, 4) is 11.5 Å². The highest BCUT2D eigenvalue weighted by molar-refractivity contribution is 5.98. The highest BCUT2D eigenvalue weighted by Crippen LogP contribution is 2.18. The van der Waals surface area contributed by atoms with Gasteiger partial charge in [0, 0.05) is 5.69 Å². The van der Waals surface area contributed by atoms with Crippen LogP contribution < -0.4 is 14.8 Å². The molecule has 130 valence electrons. The van der Waals surface area contributed by atoms with Crippen LogP contribution in [0.25, 0.3) is 0 Å². The molecule has 0 spiro atoms. The van der Waals surface area contributed by atoms with E-state index in [9.17, 15) is 14.4 Å². The number of aromatic carboxylic acids is 2. The molecule has 0 heterocycles. The molecule has 25 heavy (non-hydrogen) atoms. The molecule has 0 aliphatic heterocycles. The normalized spacial score (nSPS) is 9.96. The highest BCUT2D eigenvalue weighted by atomic mass is 16.5. The number of carboxylic acid groups (broad SMARTS) is 2. The second-order valence-corrected chi connectivity index (χ2v) is 4.92. The Morgan fingerprint density at radius 2 is 1.44 bits per heavy atom. The summed E-state index contributed by atoms with van der Waals surface area (Å²) in [5.41, 5.74) is -0.432. The van der Waals surface area contributed by atoms with E-state index in [-0.39, 0.29) is 23.4 Å². The van der Waals surface area contributed by atoms with Crippen LogP contribution in [0.15, 0.2) is 42.5 Å². The van der Waals surface area contributed by atoms with E-state index >= 15 is 0 Å². The van der Waals surface area contributed by atoms with Gasteiger partial charge in [0.1, 0.15) is 11.5 Å². The Balaban J connectivity index is 2.03. The number of carbonyl (C=O) groups excluding carboxylic acids is 1. The third-order valence-electron chi connectivity index (χ3n) is 3.14. The molecule has 0 aromatic heterocycles. The lowest BCUT2D eigenvalue weighted by molar-refractivity contribution is -0.118. The SMILES string of the molecule is COc1ccc(OCC(=O)Nc2cc(C(=O)O)cc(C(=O)O)c2)cc1. The molecule has 0 aliphatic carbocycles. The molecular formula is C17H15NO7. The molecule has 1 amide bonds. The van der Waals surface area contributed by atoms with Crippen molar-refractivity contribution in [3.05, 3.63) is 53.6 Å². The fourth-order valence-corrected chi connectivity index (χ4v) is 1.96. The largest absolute Gasteiger partial charge is 0.497 e. The Kier molecular flexibility index (Phi) is 5.57. The molecule has 2 aromatic carbocycles. The van der Waals surface area contributed by atoms with E-state index in [4.69, 9.17) is 19.7 Å². The number of nitrogens with one attached hydrogen (secondary N) is 1. The Morgan fingerprint density at radius 3 is 1.92 bits per heavy atom. The van der Waals surface area contributed by atoms with Gasteiger partial charge in [-0.15, -0.1) is 0 Å². The van der Waals surface area contributed by atoms with Gasteiger partial charge in [-0.05, 0) is 42.5 Å². The van der Waals surface area contributed by atoms with Crippen molar-refractivity contribution in [2.75, 3.05) is 19.0 Å². The number of hydrogen-bond donors (Lipinski definition) is 3. The zero-order valence-corrected chi connectivity index (χ0v) is 13.2. The van der Waals surface area contributed by atoms with Crippen LogP contribution in [-0.4, -0.2) is 41.8 Å². The fourth-order valence-electron chi connectivity index (χ4n) is 1.96. The van der Waals surface area contributed by atoms with E-state index in [1.54, 1.807) is 24.3 Å². The van der Waals surface area contributed by atoms with Gasteiger partial charge in [-0.3, -0.25) is 4.79 Å². The zero-order chi connectivity index (χ0) is 18.4. The first kappa shape index (κ1) is 17.8. The number of benzene rings is 2. The smallest absolute Gasteiger partial charge is 0.335 e. The lowest BCUT2D eigenvalue weighted by atomic mass is 10.1. The number of rotatable bonds is 7. The molecular weight excluding hydrogens is 330 g/mol. The Labute approximate surface area is 142 Å².